The van der Waals surface area contributed by atoms with Gasteiger partial charge >= 0.3 is 5.97 Å². The largest absolute Gasteiger partial charge is 0.491 e. The molecule has 2 amide bonds. The Morgan fingerprint density at radius 3 is 2.72 bits per heavy atom. The number of anilines is 1. The summed E-state index contributed by atoms with van der Waals surface area (Å²) in [5.74, 6) is -0.0816. The van der Waals surface area contributed by atoms with Gasteiger partial charge in [-0.3, -0.25) is 19.3 Å². The van der Waals surface area contributed by atoms with E-state index in [1.165, 1.54) is 0 Å². The zero-order chi connectivity index (χ0) is 21.4. The van der Waals surface area contributed by atoms with Crippen LogP contribution >= 0.6 is 0 Å². The minimum absolute atomic E-state index is 0.00477. The van der Waals surface area contributed by atoms with E-state index in [-0.39, 0.29) is 36.8 Å². The summed E-state index contributed by atoms with van der Waals surface area (Å²) < 4.78 is 10.8. The number of hydrogen-bond donors (Lipinski definition) is 2. The molecule has 1 aromatic carbocycles. The Morgan fingerprint density at radius 2 is 2.03 bits per heavy atom. The third-order valence-corrected chi connectivity index (χ3v) is 4.22. The Hall–Kier alpha value is -2.61. The van der Waals surface area contributed by atoms with E-state index < -0.39 is 12.0 Å². The first-order valence-electron chi connectivity index (χ1n) is 9.98. The molecule has 1 atom stereocenters. The lowest BCUT2D eigenvalue weighted by Gasteiger charge is -2.33. The minimum Gasteiger partial charge on any atom is -0.491 e. The van der Waals surface area contributed by atoms with Crippen LogP contribution in [0.25, 0.3) is 0 Å². The second-order valence-corrected chi connectivity index (χ2v) is 7.80. The van der Waals surface area contributed by atoms with Crippen molar-refractivity contribution in [1.82, 2.24) is 10.2 Å². The summed E-state index contributed by atoms with van der Waals surface area (Å²) in [5.41, 5.74) is 0.613. The van der Waals surface area contributed by atoms with Crippen LogP contribution in [0.2, 0.25) is 0 Å². The van der Waals surface area contributed by atoms with Crippen molar-refractivity contribution < 1.29 is 23.9 Å². The lowest BCUT2D eigenvalue weighted by molar-refractivity contribution is -0.149. The maximum absolute atomic E-state index is 12.5. The lowest BCUT2D eigenvalue weighted by atomic mass is 10.1. The fourth-order valence-corrected chi connectivity index (χ4v) is 2.95. The molecule has 0 aromatic heterocycles. The van der Waals surface area contributed by atoms with E-state index in [1.54, 1.807) is 23.1 Å². The molecule has 1 aliphatic heterocycles. The van der Waals surface area contributed by atoms with Crippen molar-refractivity contribution >= 4 is 23.5 Å². The zero-order valence-electron chi connectivity index (χ0n) is 17.6. The summed E-state index contributed by atoms with van der Waals surface area (Å²) in [7, 11) is 0. The molecule has 1 unspecified atom stereocenters. The molecule has 1 heterocycles. The number of nitrogens with one attached hydrogen (secondary N) is 2. The number of piperazine rings is 1. The lowest BCUT2D eigenvalue weighted by Crippen LogP contribution is -2.57. The number of benzene rings is 1. The number of carbonyl (C=O) groups excluding carboxylic acids is 3. The molecule has 1 saturated heterocycles. The highest BCUT2D eigenvalue weighted by Gasteiger charge is 2.33. The van der Waals surface area contributed by atoms with Crippen molar-refractivity contribution in [3.8, 4) is 5.75 Å². The topological polar surface area (TPSA) is 97.0 Å². The molecule has 0 bridgehead atoms. The molecular formula is C21H31N3O5. The zero-order valence-corrected chi connectivity index (χ0v) is 17.6. The van der Waals surface area contributed by atoms with Gasteiger partial charge in [-0.15, -0.1) is 0 Å². The number of esters is 1. The van der Waals surface area contributed by atoms with Crippen LogP contribution in [0.1, 0.15) is 34.1 Å². The average Bonchev–Trinajstić information content (AvgIpc) is 2.62. The number of carbonyl (C=O) groups is 3. The van der Waals surface area contributed by atoms with Crippen LogP contribution in [0, 0.1) is 5.92 Å². The van der Waals surface area contributed by atoms with Crippen LogP contribution in [0.3, 0.4) is 0 Å². The molecule has 1 fully saturated rings. The maximum Gasteiger partial charge on any atom is 0.307 e. The maximum atomic E-state index is 12.5. The van der Waals surface area contributed by atoms with Gasteiger partial charge in [-0.1, -0.05) is 19.9 Å². The molecule has 8 heteroatoms. The van der Waals surface area contributed by atoms with Crippen LogP contribution in [0.15, 0.2) is 24.3 Å². The molecule has 1 aliphatic rings. The van der Waals surface area contributed by atoms with E-state index >= 15 is 0 Å². The number of nitrogens with zero attached hydrogens (tertiary/aromatic N) is 1. The van der Waals surface area contributed by atoms with Gasteiger partial charge in [0.25, 0.3) is 0 Å². The fraction of sp³-hybridized carbons (Fsp3) is 0.571. The van der Waals surface area contributed by atoms with E-state index in [9.17, 15) is 14.4 Å². The molecule has 8 nitrogen and oxygen atoms in total. The smallest absolute Gasteiger partial charge is 0.307 e. The summed E-state index contributed by atoms with van der Waals surface area (Å²) in [5, 5.41) is 5.57. The fourth-order valence-electron chi connectivity index (χ4n) is 2.95. The summed E-state index contributed by atoms with van der Waals surface area (Å²) in [6, 6.07) is 6.43. The van der Waals surface area contributed by atoms with Crippen LogP contribution in [-0.4, -0.2) is 61.1 Å². The van der Waals surface area contributed by atoms with Gasteiger partial charge in [-0.25, -0.2) is 0 Å². The molecule has 2 N–H and O–H groups in total. The van der Waals surface area contributed by atoms with Gasteiger partial charge < -0.3 is 20.1 Å². The summed E-state index contributed by atoms with van der Waals surface area (Å²) in [6.45, 7) is 8.97. The third kappa shape index (κ3) is 7.73. The van der Waals surface area contributed by atoms with Crippen molar-refractivity contribution in [2.75, 3.05) is 31.6 Å². The highest BCUT2D eigenvalue weighted by molar-refractivity contribution is 5.93. The Kier molecular flexibility index (Phi) is 8.45. The average molecular weight is 405 g/mol. The molecular weight excluding hydrogens is 374 g/mol. The molecule has 2 rings (SSSR count). The highest BCUT2D eigenvalue weighted by Crippen LogP contribution is 2.19. The summed E-state index contributed by atoms with van der Waals surface area (Å²) in [4.78, 5) is 38.6. The third-order valence-electron chi connectivity index (χ3n) is 4.22. The Morgan fingerprint density at radius 1 is 1.28 bits per heavy atom. The number of hydrogen-bond acceptors (Lipinski definition) is 6. The van der Waals surface area contributed by atoms with Crippen molar-refractivity contribution in [3.63, 3.8) is 0 Å². The van der Waals surface area contributed by atoms with Crippen molar-refractivity contribution in [2.24, 2.45) is 5.92 Å². The van der Waals surface area contributed by atoms with Crippen molar-refractivity contribution in [3.05, 3.63) is 24.3 Å². The van der Waals surface area contributed by atoms with Crippen LogP contribution in [0.5, 0.6) is 5.75 Å². The Bertz CT molecular complexity index is 720. The quantitative estimate of drug-likeness (QED) is 0.608. The van der Waals surface area contributed by atoms with Gasteiger partial charge in [-0.05, 0) is 31.9 Å². The second kappa shape index (κ2) is 10.8. The molecule has 0 radical (unpaired) electrons. The molecule has 0 spiro atoms. The first-order chi connectivity index (χ1) is 13.7. The molecule has 1 aromatic rings. The van der Waals surface area contributed by atoms with Gasteiger partial charge in [0.05, 0.1) is 25.7 Å². The molecule has 160 valence electrons. The predicted octanol–water partition coefficient (Wildman–Crippen LogP) is 1.80. The van der Waals surface area contributed by atoms with Crippen LogP contribution in [0.4, 0.5) is 5.69 Å². The van der Waals surface area contributed by atoms with Crippen molar-refractivity contribution in [2.45, 2.75) is 46.3 Å². The molecule has 0 aliphatic carbocycles. The molecule has 29 heavy (non-hydrogen) atoms. The van der Waals surface area contributed by atoms with Gasteiger partial charge in [0.2, 0.25) is 11.8 Å². The first-order valence-corrected chi connectivity index (χ1v) is 9.98. The highest BCUT2D eigenvalue weighted by atomic mass is 16.5. The van der Waals surface area contributed by atoms with E-state index in [4.69, 9.17) is 9.47 Å². The normalized spacial score (nSPS) is 17.2. The van der Waals surface area contributed by atoms with E-state index in [0.29, 0.717) is 31.1 Å². The summed E-state index contributed by atoms with van der Waals surface area (Å²) >= 11 is 0. The Labute approximate surface area is 171 Å². The van der Waals surface area contributed by atoms with Gasteiger partial charge in [0.1, 0.15) is 11.8 Å². The first kappa shape index (κ1) is 22.7. The SMILES string of the molecule is CC(C)COC(=O)CC1C(=O)NCCN1CC(=O)Nc1cccc(OC(C)C)c1. The second-order valence-electron chi connectivity index (χ2n) is 7.80. The minimum atomic E-state index is -0.718. The predicted molar refractivity (Wildman–Crippen MR) is 110 cm³/mol. The van der Waals surface area contributed by atoms with Gasteiger partial charge in [0.15, 0.2) is 0 Å². The van der Waals surface area contributed by atoms with Gasteiger partial charge in [-0.2, -0.15) is 0 Å². The van der Waals surface area contributed by atoms with E-state index in [1.807, 2.05) is 33.8 Å². The van der Waals surface area contributed by atoms with Crippen LogP contribution in [-0.2, 0) is 19.1 Å². The summed E-state index contributed by atoms with van der Waals surface area (Å²) in [6.07, 6.45) is -0.0483. The van der Waals surface area contributed by atoms with E-state index in [2.05, 4.69) is 10.6 Å². The monoisotopic (exact) mass is 405 g/mol. The number of rotatable bonds is 9. The molecule has 0 saturated carbocycles. The van der Waals surface area contributed by atoms with Crippen LogP contribution < -0.4 is 15.4 Å². The Balaban J connectivity index is 1.95. The standard InChI is InChI=1S/C21H31N3O5/c1-14(2)13-28-20(26)11-18-21(27)22-8-9-24(18)12-19(25)23-16-6-5-7-17(10-16)29-15(3)4/h5-7,10,14-15,18H,8-9,11-13H2,1-4H3,(H,22,27)(H,23,25). The van der Waals surface area contributed by atoms with E-state index in [0.717, 1.165) is 0 Å². The van der Waals surface area contributed by atoms with Crippen molar-refractivity contribution in [1.29, 1.82) is 0 Å². The number of ether oxygens (including phenoxy) is 2. The van der Waals surface area contributed by atoms with Gasteiger partial charge in [0, 0.05) is 24.8 Å². The number of amides is 2.